The summed E-state index contributed by atoms with van der Waals surface area (Å²) in [5, 5.41) is 1.07. The van der Waals surface area contributed by atoms with E-state index in [2.05, 4.69) is 5.43 Å². The van der Waals surface area contributed by atoms with Gasteiger partial charge in [-0.15, -0.1) is 0 Å². The fraction of sp³-hybridized carbons (Fsp3) is 0.308. The molecule has 0 aliphatic heterocycles. The molecule has 0 fully saturated rings. The van der Waals surface area contributed by atoms with Crippen molar-refractivity contribution < 1.29 is 9.53 Å². The van der Waals surface area contributed by atoms with Gasteiger partial charge >= 0.3 is 6.09 Å². The Morgan fingerprint density at radius 3 is 2.65 bits per heavy atom. The topological polar surface area (TPSA) is 43.3 Å². The number of carbonyl (C=O) groups is 1. The van der Waals surface area contributed by atoms with Crippen LogP contribution >= 0.6 is 0 Å². The number of benzene rings is 1. The predicted molar refractivity (Wildman–Crippen MR) is 67.5 cm³/mol. The first-order chi connectivity index (χ1) is 7.96. The van der Waals surface area contributed by atoms with E-state index in [1.165, 1.54) is 0 Å². The first kappa shape index (κ1) is 11.5. The first-order valence-corrected chi connectivity index (χ1v) is 5.52. The summed E-state index contributed by atoms with van der Waals surface area (Å²) in [5.41, 5.74) is 3.13. The summed E-state index contributed by atoms with van der Waals surface area (Å²) in [6.07, 6.45) is 1.34. The van der Waals surface area contributed by atoms with Gasteiger partial charge in [-0.05, 0) is 32.9 Å². The minimum absolute atomic E-state index is 0.459. The Morgan fingerprint density at radius 1 is 1.24 bits per heavy atom. The number of nitrogens with zero attached hydrogens (tertiary/aromatic N) is 1. The lowest BCUT2D eigenvalue weighted by Crippen LogP contribution is -2.31. The SMILES string of the molecule is CC(C)(C)OC(=O)Nn1ccc2ccccc21. The van der Waals surface area contributed by atoms with Gasteiger partial charge in [-0.2, -0.15) is 0 Å². The highest BCUT2D eigenvalue weighted by Gasteiger charge is 2.16. The molecule has 0 aliphatic rings. The van der Waals surface area contributed by atoms with Crippen molar-refractivity contribution in [1.82, 2.24) is 4.68 Å². The molecule has 1 amide bonds. The van der Waals surface area contributed by atoms with Gasteiger partial charge in [0.05, 0.1) is 5.52 Å². The predicted octanol–water partition coefficient (Wildman–Crippen LogP) is 3.12. The highest BCUT2D eigenvalue weighted by atomic mass is 16.6. The number of amides is 1. The second kappa shape index (κ2) is 4.13. The molecule has 0 spiro atoms. The van der Waals surface area contributed by atoms with Crippen molar-refractivity contribution in [3.8, 4) is 0 Å². The lowest BCUT2D eigenvalue weighted by molar-refractivity contribution is 0.0614. The minimum atomic E-state index is -0.493. The average molecular weight is 232 g/mol. The van der Waals surface area contributed by atoms with Crippen LogP contribution in [0.5, 0.6) is 0 Å². The van der Waals surface area contributed by atoms with E-state index in [0.29, 0.717) is 0 Å². The second-order valence-electron chi connectivity index (χ2n) is 4.86. The monoisotopic (exact) mass is 232 g/mol. The van der Waals surface area contributed by atoms with Gasteiger partial charge in [-0.25, -0.2) is 10.2 Å². The Bertz CT molecular complexity index is 538. The fourth-order valence-corrected chi connectivity index (χ4v) is 1.58. The van der Waals surface area contributed by atoms with Gasteiger partial charge in [0, 0.05) is 11.6 Å². The van der Waals surface area contributed by atoms with Crippen molar-refractivity contribution in [2.75, 3.05) is 5.43 Å². The number of carbonyl (C=O) groups excluding carboxylic acids is 1. The van der Waals surface area contributed by atoms with Crippen molar-refractivity contribution in [2.24, 2.45) is 0 Å². The van der Waals surface area contributed by atoms with E-state index in [4.69, 9.17) is 4.74 Å². The van der Waals surface area contributed by atoms with Gasteiger partial charge in [-0.3, -0.25) is 4.68 Å². The summed E-state index contributed by atoms with van der Waals surface area (Å²) < 4.78 is 6.85. The smallest absolute Gasteiger partial charge is 0.426 e. The first-order valence-electron chi connectivity index (χ1n) is 5.52. The number of fused-ring (bicyclic) bond motifs is 1. The van der Waals surface area contributed by atoms with E-state index < -0.39 is 11.7 Å². The number of para-hydroxylation sites is 1. The Balaban J connectivity index is 2.16. The molecule has 0 bridgehead atoms. The Labute approximate surface area is 100 Å². The van der Waals surface area contributed by atoms with Crippen molar-refractivity contribution in [1.29, 1.82) is 0 Å². The van der Waals surface area contributed by atoms with Crippen LogP contribution in [0, 0.1) is 0 Å². The van der Waals surface area contributed by atoms with Gasteiger partial charge in [0.1, 0.15) is 5.60 Å². The van der Waals surface area contributed by atoms with Gasteiger partial charge in [0.2, 0.25) is 0 Å². The van der Waals surface area contributed by atoms with Crippen molar-refractivity contribution >= 4 is 17.0 Å². The Morgan fingerprint density at radius 2 is 1.94 bits per heavy atom. The molecule has 1 aromatic heterocycles. The average Bonchev–Trinajstić information content (AvgIpc) is 2.59. The van der Waals surface area contributed by atoms with E-state index in [0.717, 1.165) is 10.9 Å². The van der Waals surface area contributed by atoms with Crippen LogP contribution in [0.2, 0.25) is 0 Å². The molecule has 0 radical (unpaired) electrons. The van der Waals surface area contributed by atoms with Crippen LogP contribution in [-0.2, 0) is 4.74 Å². The fourth-order valence-electron chi connectivity index (χ4n) is 1.58. The molecule has 0 unspecified atom stereocenters. The van der Waals surface area contributed by atoms with Crippen LogP contribution in [0.1, 0.15) is 20.8 Å². The summed E-state index contributed by atoms with van der Waals surface area (Å²) in [6, 6.07) is 9.75. The maximum atomic E-state index is 11.6. The molecular weight excluding hydrogens is 216 g/mol. The number of ether oxygens (including phenoxy) is 1. The highest BCUT2D eigenvalue weighted by molar-refractivity contribution is 5.84. The summed E-state index contributed by atoms with van der Waals surface area (Å²) in [5.74, 6) is 0. The Kier molecular flexibility index (Phi) is 2.79. The standard InChI is InChI=1S/C13H16N2O2/c1-13(2,3)17-12(16)14-15-9-8-10-6-4-5-7-11(10)15/h4-9H,1-3H3,(H,14,16). The normalized spacial score (nSPS) is 11.5. The molecule has 17 heavy (non-hydrogen) atoms. The van der Waals surface area contributed by atoms with Crippen LogP contribution in [0.15, 0.2) is 36.5 Å². The lowest BCUT2D eigenvalue weighted by atomic mass is 10.2. The summed E-state index contributed by atoms with van der Waals surface area (Å²) in [4.78, 5) is 11.6. The molecule has 1 N–H and O–H groups in total. The number of hydrogen-bond acceptors (Lipinski definition) is 2. The van der Waals surface area contributed by atoms with Crippen LogP contribution in [0.3, 0.4) is 0 Å². The third-order valence-electron chi connectivity index (χ3n) is 2.21. The van der Waals surface area contributed by atoms with E-state index in [1.54, 1.807) is 10.9 Å². The minimum Gasteiger partial charge on any atom is -0.443 e. The molecule has 0 aliphatic carbocycles. The van der Waals surface area contributed by atoms with Crippen molar-refractivity contribution in [2.45, 2.75) is 26.4 Å². The van der Waals surface area contributed by atoms with Gasteiger partial charge in [0.15, 0.2) is 0 Å². The quantitative estimate of drug-likeness (QED) is 0.820. The van der Waals surface area contributed by atoms with Crippen molar-refractivity contribution in [3.05, 3.63) is 36.5 Å². The third kappa shape index (κ3) is 2.78. The van der Waals surface area contributed by atoms with Gasteiger partial charge < -0.3 is 4.74 Å². The van der Waals surface area contributed by atoms with E-state index >= 15 is 0 Å². The van der Waals surface area contributed by atoms with E-state index in [9.17, 15) is 4.79 Å². The molecule has 0 saturated heterocycles. The van der Waals surface area contributed by atoms with Crippen LogP contribution in [-0.4, -0.2) is 16.4 Å². The molecule has 1 heterocycles. The van der Waals surface area contributed by atoms with Gasteiger partial charge in [0.25, 0.3) is 0 Å². The second-order valence-corrected chi connectivity index (χ2v) is 4.86. The molecule has 2 rings (SSSR count). The highest BCUT2D eigenvalue weighted by Crippen LogP contribution is 2.14. The zero-order chi connectivity index (χ0) is 12.5. The van der Waals surface area contributed by atoms with Gasteiger partial charge in [-0.1, -0.05) is 18.2 Å². The van der Waals surface area contributed by atoms with E-state index in [1.807, 2.05) is 51.1 Å². The molecule has 2 aromatic rings. The maximum Gasteiger partial charge on any atom is 0.426 e. The largest absolute Gasteiger partial charge is 0.443 e. The number of aromatic nitrogens is 1. The number of hydrogen-bond donors (Lipinski definition) is 1. The Hall–Kier alpha value is -1.97. The molecular formula is C13H16N2O2. The molecule has 4 heteroatoms. The lowest BCUT2D eigenvalue weighted by Gasteiger charge is -2.20. The number of nitrogens with one attached hydrogen (secondary N) is 1. The molecule has 0 atom stereocenters. The van der Waals surface area contributed by atoms with Crippen LogP contribution < -0.4 is 5.43 Å². The zero-order valence-corrected chi connectivity index (χ0v) is 10.2. The molecule has 90 valence electrons. The third-order valence-corrected chi connectivity index (χ3v) is 2.21. The van der Waals surface area contributed by atoms with E-state index in [-0.39, 0.29) is 0 Å². The van der Waals surface area contributed by atoms with Crippen molar-refractivity contribution in [3.63, 3.8) is 0 Å². The van der Waals surface area contributed by atoms with Crippen LogP contribution in [0.4, 0.5) is 4.79 Å². The zero-order valence-electron chi connectivity index (χ0n) is 10.2. The molecule has 0 saturated carbocycles. The van der Waals surface area contributed by atoms with Crippen LogP contribution in [0.25, 0.3) is 10.9 Å². The summed E-state index contributed by atoms with van der Waals surface area (Å²) in [6.45, 7) is 5.50. The summed E-state index contributed by atoms with van der Waals surface area (Å²) in [7, 11) is 0. The summed E-state index contributed by atoms with van der Waals surface area (Å²) >= 11 is 0. The molecule has 1 aromatic carbocycles. The molecule has 4 nitrogen and oxygen atoms in total. The maximum absolute atomic E-state index is 11.6. The number of rotatable bonds is 1.